The number of nitrogens with zero attached hydrogens (tertiary/aromatic N) is 3. The van der Waals surface area contributed by atoms with Gasteiger partial charge in [-0.2, -0.15) is 13.2 Å². The Bertz CT molecular complexity index is 1180. The van der Waals surface area contributed by atoms with Crippen LogP contribution in [0.1, 0.15) is 53.6 Å². The maximum absolute atomic E-state index is 13.2. The number of carbonyl (C=O) groups is 1. The largest absolute Gasteiger partial charge is 0.416 e. The normalized spacial score (nSPS) is 17.0. The lowest BCUT2D eigenvalue weighted by Crippen LogP contribution is -2.46. The van der Waals surface area contributed by atoms with Gasteiger partial charge in [-0.1, -0.05) is 49.4 Å². The van der Waals surface area contributed by atoms with E-state index in [9.17, 15) is 18.0 Å². The maximum Gasteiger partial charge on any atom is 0.416 e. The monoisotopic (exact) mass is 516 g/mol. The number of fused-ring (bicyclic) bond motifs is 1. The summed E-state index contributed by atoms with van der Waals surface area (Å²) < 4.78 is 41.4. The molecule has 4 rings (SSSR count). The number of benzene rings is 2. The van der Waals surface area contributed by atoms with Crippen molar-refractivity contribution < 1.29 is 18.0 Å². The number of aryl methyl sites for hydroxylation is 2. The Balaban J connectivity index is 1.73. The molecule has 36 heavy (non-hydrogen) atoms. The van der Waals surface area contributed by atoms with Gasteiger partial charge in [-0.25, -0.2) is 4.98 Å². The van der Waals surface area contributed by atoms with Crippen LogP contribution in [-0.2, 0) is 30.4 Å². The number of amides is 1. The van der Waals surface area contributed by atoms with Gasteiger partial charge in [-0.15, -0.1) is 11.8 Å². The molecule has 0 bridgehead atoms. The van der Waals surface area contributed by atoms with Gasteiger partial charge in [0.1, 0.15) is 16.9 Å². The van der Waals surface area contributed by atoms with Gasteiger partial charge in [-0.3, -0.25) is 9.69 Å². The Morgan fingerprint density at radius 2 is 1.83 bits per heavy atom. The van der Waals surface area contributed by atoms with Crippen molar-refractivity contribution in [2.45, 2.75) is 56.0 Å². The molecule has 2 heterocycles. The van der Waals surface area contributed by atoms with Gasteiger partial charge >= 0.3 is 6.18 Å². The summed E-state index contributed by atoms with van der Waals surface area (Å²) in [7, 11) is 1.65. The number of thioether (sulfide) groups is 1. The lowest BCUT2D eigenvalue weighted by molar-refractivity contribution is -0.137. The van der Waals surface area contributed by atoms with Crippen molar-refractivity contribution in [1.29, 1.82) is 0 Å². The summed E-state index contributed by atoms with van der Waals surface area (Å²) in [4.78, 5) is 20.3. The lowest BCUT2D eigenvalue weighted by Gasteiger charge is -2.41. The van der Waals surface area contributed by atoms with Crippen LogP contribution in [-0.4, -0.2) is 40.2 Å². The summed E-state index contributed by atoms with van der Waals surface area (Å²) in [5.41, 5.74) is 2.18. The summed E-state index contributed by atoms with van der Waals surface area (Å²) in [6, 6.07) is 14.5. The van der Waals surface area contributed by atoms with Crippen LogP contribution < -0.4 is 5.32 Å². The minimum Gasteiger partial charge on any atom is -0.358 e. The molecule has 0 unspecified atom stereocenters. The van der Waals surface area contributed by atoms with Crippen LogP contribution in [0.15, 0.2) is 59.6 Å². The first-order valence-corrected chi connectivity index (χ1v) is 13.3. The number of alkyl halides is 3. The molecular formula is C27H31F3N4OS. The molecule has 2 atom stereocenters. The summed E-state index contributed by atoms with van der Waals surface area (Å²) in [6.07, 6.45) is -0.326. The minimum atomic E-state index is -4.36. The summed E-state index contributed by atoms with van der Waals surface area (Å²) >= 11 is 1.59. The number of hydrogen-bond acceptors (Lipinski definition) is 4. The second-order valence-corrected chi connectivity index (χ2v) is 9.64. The van der Waals surface area contributed by atoms with Crippen molar-refractivity contribution in [2.75, 3.05) is 19.8 Å². The van der Waals surface area contributed by atoms with Crippen LogP contribution in [0.4, 0.5) is 13.2 Å². The van der Waals surface area contributed by atoms with Crippen molar-refractivity contribution in [3.05, 3.63) is 82.8 Å². The fraction of sp³-hybridized carbons (Fsp3) is 0.407. The average molecular weight is 517 g/mol. The zero-order valence-corrected chi connectivity index (χ0v) is 21.5. The highest BCUT2D eigenvalue weighted by molar-refractivity contribution is 7.98. The Labute approximate surface area is 214 Å². The fourth-order valence-corrected chi connectivity index (χ4v) is 5.70. The zero-order valence-electron chi connectivity index (χ0n) is 20.7. The number of carbonyl (C=O) groups excluding carboxylic acids is 1. The van der Waals surface area contributed by atoms with Crippen molar-refractivity contribution in [3.8, 4) is 0 Å². The molecule has 0 fully saturated rings. The molecule has 3 aromatic rings. The van der Waals surface area contributed by atoms with E-state index in [0.717, 1.165) is 52.8 Å². The van der Waals surface area contributed by atoms with Gasteiger partial charge in [0.2, 0.25) is 5.91 Å². The molecule has 1 aliphatic heterocycles. The first-order chi connectivity index (χ1) is 17.3. The molecule has 0 radical (unpaired) electrons. The lowest BCUT2D eigenvalue weighted by atomic mass is 9.95. The minimum absolute atomic E-state index is 0.0879. The topological polar surface area (TPSA) is 50.2 Å². The number of aromatic nitrogens is 2. The number of hydrogen-bond donors (Lipinski definition) is 1. The molecule has 5 nitrogen and oxygen atoms in total. The Morgan fingerprint density at radius 3 is 2.42 bits per heavy atom. The molecule has 9 heteroatoms. The molecule has 0 saturated heterocycles. The highest BCUT2D eigenvalue weighted by atomic mass is 32.2. The van der Waals surface area contributed by atoms with Gasteiger partial charge in [0, 0.05) is 26.6 Å². The van der Waals surface area contributed by atoms with Crippen LogP contribution in [0, 0.1) is 0 Å². The first-order valence-electron chi connectivity index (χ1n) is 12.1. The highest BCUT2D eigenvalue weighted by Gasteiger charge is 2.39. The SMILES string of the molecule is CCc1nc(SC)c2n1CCN([C@@H](C(=O)NC)c1ccccc1)[C@H]2CCc1ccc(C(F)(F)F)cc1. The van der Waals surface area contributed by atoms with Gasteiger partial charge in [0.15, 0.2) is 0 Å². The number of imidazole rings is 1. The van der Waals surface area contributed by atoms with Gasteiger partial charge in [-0.05, 0) is 42.4 Å². The third-order valence-corrected chi connectivity index (χ3v) is 7.48. The van der Waals surface area contributed by atoms with Crippen molar-refractivity contribution in [2.24, 2.45) is 0 Å². The molecule has 0 spiro atoms. The average Bonchev–Trinajstić information content (AvgIpc) is 3.26. The van der Waals surface area contributed by atoms with Crippen molar-refractivity contribution in [3.63, 3.8) is 0 Å². The molecule has 0 saturated carbocycles. The number of likely N-dealkylation sites (N-methyl/N-ethyl adjacent to an activating group) is 1. The van der Waals surface area contributed by atoms with E-state index in [-0.39, 0.29) is 11.9 Å². The number of rotatable bonds is 8. The van der Waals surface area contributed by atoms with E-state index in [4.69, 9.17) is 4.98 Å². The van der Waals surface area contributed by atoms with Crippen molar-refractivity contribution in [1.82, 2.24) is 19.8 Å². The van der Waals surface area contributed by atoms with Crippen LogP contribution >= 0.6 is 11.8 Å². The van der Waals surface area contributed by atoms with Crippen molar-refractivity contribution >= 4 is 17.7 Å². The van der Waals surface area contributed by atoms with Gasteiger partial charge < -0.3 is 9.88 Å². The third kappa shape index (κ3) is 5.32. The van der Waals surface area contributed by atoms with Crippen LogP contribution in [0.25, 0.3) is 0 Å². The van der Waals surface area contributed by atoms with E-state index in [2.05, 4.69) is 21.7 Å². The molecule has 1 aliphatic rings. The first kappa shape index (κ1) is 26.3. The van der Waals surface area contributed by atoms with E-state index < -0.39 is 17.8 Å². The van der Waals surface area contributed by atoms with E-state index in [1.54, 1.807) is 30.9 Å². The Kier molecular flexibility index (Phi) is 8.10. The van der Waals surface area contributed by atoms with Crippen LogP contribution in [0.3, 0.4) is 0 Å². The van der Waals surface area contributed by atoms with E-state index in [1.807, 2.05) is 36.6 Å². The quantitative estimate of drug-likeness (QED) is 0.393. The summed E-state index contributed by atoms with van der Waals surface area (Å²) in [6.45, 7) is 3.47. The molecule has 1 amide bonds. The molecule has 2 aromatic carbocycles. The van der Waals surface area contributed by atoms with Crippen LogP contribution in [0.5, 0.6) is 0 Å². The maximum atomic E-state index is 13.2. The second kappa shape index (κ2) is 11.1. The zero-order chi connectivity index (χ0) is 25.9. The predicted octanol–water partition coefficient (Wildman–Crippen LogP) is 5.66. The van der Waals surface area contributed by atoms with E-state index in [1.165, 1.54) is 0 Å². The van der Waals surface area contributed by atoms with Gasteiger partial charge in [0.05, 0.1) is 17.3 Å². The summed E-state index contributed by atoms with van der Waals surface area (Å²) in [5, 5.41) is 3.77. The van der Waals surface area contributed by atoms with E-state index >= 15 is 0 Å². The number of halogens is 3. The molecule has 1 aromatic heterocycles. The standard InChI is InChI=1S/C27H31F3N4OS/c1-4-22-32-26(36-3)24-21(15-12-18-10-13-20(14-11-18)27(28,29)30)33(16-17-34(22)24)23(25(35)31-2)19-8-6-5-7-9-19/h5-11,13-14,21,23H,4,12,15-17H2,1-3H3,(H,31,35)/t21-,23+/m0/s1. The molecule has 1 N–H and O–H groups in total. The third-order valence-electron chi connectivity index (χ3n) is 6.79. The predicted molar refractivity (Wildman–Crippen MR) is 136 cm³/mol. The summed E-state index contributed by atoms with van der Waals surface area (Å²) in [5.74, 6) is 0.930. The van der Waals surface area contributed by atoms with Gasteiger partial charge in [0.25, 0.3) is 0 Å². The van der Waals surface area contributed by atoms with E-state index in [0.29, 0.717) is 19.4 Å². The molecule has 192 valence electrons. The van der Waals surface area contributed by atoms with Crippen LogP contribution in [0.2, 0.25) is 0 Å². The smallest absolute Gasteiger partial charge is 0.358 e. The number of nitrogens with one attached hydrogen (secondary N) is 1. The Hall–Kier alpha value is -2.78. The highest BCUT2D eigenvalue weighted by Crippen LogP contribution is 2.41. The Morgan fingerprint density at radius 1 is 1.14 bits per heavy atom. The molecule has 0 aliphatic carbocycles. The fourth-order valence-electron chi connectivity index (χ4n) is 5.05. The second-order valence-electron chi connectivity index (χ2n) is 8.84. The molecular weight excluding hydrogens is 485 g/mol.